The van der Waals surface area contributed by atoms with Gasteiger partial charge in [0.2, 0.25) is 0 Å². The maximum absolute atomic E-state index is 11.4. The average molecular weight is 323 g/mol. The van der Waals surface area contributed by atoms with E-state index in [9.17, 15) is 8.42 Å². The number of halogens is 1. The second-order valence-corrected chi connectivity index (χ2v) is 6.28. The van der Waals surface area contributed by atoms with Crippen LogP contribution in [0.1, 0.15) is 0 Å². The molecule has 0 aliphatic carbocycles. The Labute approximate surface area is 110 Å². The first-order chi connectivity index (χ1) is 7.93. The molecule has 0 spiro atoms. The molecule has 0 unspecified atom stereocenters. The lowest BCUT2D eigenvalue weighted by molar-refractivity contribution is 0.319. The Morgan fingerprint density at radius 2 is 2.00 bits per heavy atom. The van der Waals surface area contributed by atoms with Crippen molar-refractivity contribution in [2.45, 2.75) is 0 Å². The van der Waals surface area contributed by atoms with Gasteiger partial charge in [0, 0.05) is 20.6 Å². The number of para-hydroxylation sites is 1. The summed E-state index contributed by atoms with van der Waals surface area (Å²) < 4.78 is 32.5. The molecular weight excluding hydrogens is 308 g/mol. The van der Waals surface area contributed by atoms with Crippen LogP contribution in [0.15, 0.2) is 28.7 Å². The zero-order chi connectivity index (χ0) is 12.9. The van der Waals surface area contributed by atoms with Crippen molar-refractivity contribution in [3.8, 4) is 5.75 Å². The van der Waals surface area contributed by atoms with E-state index in [4.69, 9.17) is 4.74 Å². The van der Waals surface area contributed by atoms with Crippen LogP contribution in [0.2, 0.25) is 0 Å². The molecule has 0 heterocycles. The molecule has 17 heavy (non-hydrogen) atoms. The van der Waals surface area contributed by atoms with Crippen LogP contribution < -0.4 is 9.46 Å². The van der Waals surface area contributed by atoms with Gasteiger partial charge in [-0.1, -0.05) is 12.1 Å². The fourth-order valence-corrected chi connectivity index (χ4v) is 2.02. The molecule has 0 fully saturated rings. The van der Waals surface area contributed by atoms with Gasteiger partial charge in [-0.15, -0.1) is 0 Å². The SMILES string of the molecule is CN(C)S(=O)(=O)NCCOc1ccccc1Br. The largest absolute Gasteiger partial charge is 0.491 e. The fraction of sp³-hybridized carbons (Fsp3) is 0.400. The van der Waals surface area contributed by atoms with E-state index in [0.29, 0.717) is 5.75 Å². The van der Waals surface area contributed by atoms with Gasteiger partial charge in [-0.3, -0.25) is 0 Å². The number of hydrogen-bond donors (Lipinski definition) is 1. The van der Waals surface area contributed by atoms with Crippen LogP contribution in [-0.4, -0.2) is 40.0 Å². The van der Waals surface area contributed by atoms with Crippen molar-refractivity contribution in [2.75, 3.05) is 27.2 Å². The van der Waals surface area contributed by atoms with Crippen LogP contribution in [0.3, 0.4) is 0 Å². The summed E-state index contributed by atoms with van der Waals surface area (Å²) in [5.41, 5.74) is 0. The minimum absolute atomic E-state index is 0.224. The summed E-state index contributed by atoms with van der Waals surface area (Å²) in [6.07, 6.45) is 0. The van der Waals surface area contributed by atoms with Crippen molar-refractivity contribution in [1.29, 1.82) is 0 Å². The summed E-state index contributed by atoms with van der Waals surface area (Å²) in [7, 11) is -0.433. The molecular formula is C10H15BrN2O3S. The van der Waals surface area contributed by atoms with Crippen LogP contribution in [-0.2, 0) is 10.2 Å². The summed E-state index contributed by atoms with van der Waals surface area (Å²) in [5, 5.41) is 0. The second kappa shape index (κ2) is 6.34. The molecule has 0 saturated heterocycles. The quantitative estimate of drug-likeness (QED) is 0.801. The van der Waals surface area contributed by atoms with Gasteiger partial charge in [0.05, 0.1) is 4.47 Å². The van der Waals surface area contributed by atoms with Gasteiger partial charge in [0.25, 0.3) is 10.2 Å². The standard InChI is InChI=1S/C10H15BrN2O3S/c1-13(2)17(14,15)12-7-8-16-10-6-4-3-5-9(10)11/h3-6,12H,7-8H2,1-2H3. The normalized spacial score (nSPS) is 11.8. The maximum Gasteiger partial charge on any atom is 0.279 e. The Balaban J connectivity index is 2.38. The third-order valence-corrected chi connectivity index (χ3v) is 4.15. The first-order valence-corrected chi connectivity index (χ1v) is 7.21. The van der Waals surface area contributed by atoms with E-state index in [1.54, 1.807) is 0 Å². The van der Waals surface area contributed by atoms with Gasteiger partial charge in [-0.25, -0.2) is 0 Å². The Kier molecular flexibility index (Phi) is 5.38. The monoisotopic (exact) mass is 322 g/mol. The number of hydrogen-bond acceptors (Lipinski definition) is 3. The predicted octanol–water partition coefficient (Wildman–Crippen LogP) is 1.22. The highest BCUT2D eigenvalue weighted by Crippen LogP contribution is 2.23. The van der Waals surface area contributed by atoms with Crippen LogP contribution in [0.25, 0.3) is 0 Å². The van der Waals surface area contributed by atoms with Crippen LogP contribution >= 0.6 is 15.9 Å². The highest BCUT2D eigenvalue weighted by atomic mass is 79.9. The fourth-order valence-electron chi connectivity index (χ4n) is 1.02. The second-order valence-electron chi connectivity index (χ2n) is 3.46. The number of ether oxygens (including phenoxy) is 1. The van der Waals surface area contributed by atoms with Crippen molar-refractivity contribution < 1.29 is 13.2 Å². The Bertz CT molecular complexity index is 462. The van der Waals surface area contributed by atoms with Crippen molar-refractivity contribution in [1.82, 2.24) is 9.03 Å². The molecule has 96 valence electrons. The molecule has 0 saturated carbocycles. The zero-order valence-electron chi connectivity index (χ0n) is 9.68. The smallest absolute Gasteiger partial charge is 0.279 e. The van der Waals surface area contributed by atoms with Gasteiger partial charge in [-0.2, -0.15) is 17.4 Å². The Morgan fingerprint density at radius 1 is 1.35 bits per heavy atom. The van der Waals surface area contributed by atoms with Crippen LogP contribution in [0.5, 0.6) is 5.75 Å². The predicted molar refractivity (Wildman–Crippen MR) is 70.2 cm³/mol. The van der Waals surface area contributed by atoms with E-state index in [2.05, 4.69) is 20.7 Å². The Hall–Kier alpha value is -0.630. The first kappa shape index (κ1) is 14.4. The van der Waals surface area contributed by atoms with E-state index >= 15 is 0 Å². The molecule has 1 N–H and O–H groups in total. The molecule has 0 aromatic heterocycles. The molecule has 0 radical (unpaired) electrons. The molecule has 0 amide bonds. The summed E-state index contributed by atoms with van der Waals surface area (Å²) in [4.78, 5) is 0. The molecule has 1 aromatic carbocycles. The number of nitrogens with zero attached hydrogens (tertiary/aromatic N) is 1. The molecule has 5 nitrogen and oxygen atoms in total. The minimum Gasteiger partial charge on any atom is -0.491 e. The van der Waals surface area contributed by atoms with Gasteiger partial charge in [0.1, 0.15) is 12.4 Å². The van der Waals surface area contributed by atoms with Crippen molar-refractivity contribution >= 4 is 26.1 Å². The highest BCUT2D eigenvalue weighted by Gasteiger charge is 2.11. The highest BCUT2D eigenvalue weighted by molar-refractivity contribution is 9.10. The van der Waals surface area contributed by atoms with E-state index in [-0.39, 0.29) is 13.2 Å². The van der Waals surface area contributed by atoms with Gasteiger partial charge in [0.15, 0.2) is 0 Å². The molecule has 0 bridgehead atoms. The molecule has 1 rings (SSSR count). The van der Waals surface area contributed by atoms with E-state index in [1.807, 2.05) is 24.3 Å². The summed E-state index contributed by atoms with van der Waals surface area (Å²) in [6, 6.07) is 7.40. The summed E-state index contributed by atoms with van der Waals surface area (Å²) in [5.74, 6) is 0.691. The van der Waals surface area contributed by atoms with Crippen molar-refractivity contribution in [3.05, 3.63) is 28.7 Å². The van der Waals surface area contributed by atoms with Crippen molar-refractivity contribution in [2.24, 2.45) is 0 Å². The molecule has 0 aliphatic rings. The third kappa shape index (κ3) is 4.63. The van der Waals surface area contributed by atoms with Crippen LogP contribution in [0, 0.1) is 0 Å². The number of rotatable bonds is 6. The maximum atomic E-state index is 11.4. The lowest BCUT2D eigenvalue weighted by Crippen LogP contribution is -2.37. The first-order valence-electron chi connectivity index (χ1n) is 4.98. The van der Waals surface area contributed by atoms with E-state index in [1.165, 1.54) is 14.1 Å². The van der Waals surface area contributed by atoms with Gasteiger partial charge < -0.3 is 4.74 Å². The number of nitrogens with one attached hydrogen (secondary N) is 1. The minimum atomic E-state index is -3.37. The molecule has 7 heteroatoms. The van der Waals surface area contributed by atoms with Gasteiger partial charge in [-0.05, 0) is 28.1 Å². The topological polar surface area (TPSA) is 58.6 Å². The van der Waals surface area contributed by atoms with E-state index in [0.717, 1.165) is 8.78 Å². The van der Waals surface area contributed by atoms with Crippen molar-refractivity contribution in [3.63, 3.8) is 0 Å². The zero-order valence-corrected chi connectivity index (χ0v) is 12.1. The molecule has 0 aliphatic heterocycles. The third-order valence-electron chi connectivity index (χ3n) is 1.96. The summed E-state index contributed by atoms with van der Waals surface area (Å²) in [6.45, 7) is 0.498. The van der Waals surface area contributed by atoms with Crippen LogP contribution in [0.4, 0.5) is 0 Å². The Morgan fingerprint density at radius 3 is 2.59 bits per heavy atom. The van der Waals surface area contributed by atoms with Gasteiger partial charge >= 0.3 is 0 Å². The average Bonchev–Trinajstić information content (AvgIpc) is 2.26. The lowest BCUT2D eigenvalue weighted by atomic mass is 10.3. The molecule has 0 atom stereocenters. The number of benzene rings is 1. The van der Waals surface area contributed by atoms with E-state index < -0.39 is 10.2 Å². The summed E-state index contributed by atoms with van der Waals surface area (Å²) >= 11 is 3.34. The lowest BCUT2D eigenvalue weighted by Gasteiger charge is -2.13. The molecule has 1 aromatic rings.